The molecule has 0 spiro atoms. The quantitative estimate of drug-likeness (QED) is 0.549. The Kier molecular flexibility index (Phi) is 6.91. The molecule has 7 nitrogen and oxygen atoms in total. The number of anilines is 1. The number of carbonyl (C=O) groups is 2. The first-order valence-corrected chi connectivity index (χ1v) is 11.4. The van der Waals surface area contributed by atoms with Crippen LogP contribution in [0.5, 0.6) is 0 Å². The number of likely N-dealkylation sites (N-methyl/N-ethyl adjacent to an activating group) is 1. The molecule has 0 saturated carbocycles. The summed E-state index contributed by atoms with van der Waals surface area (Å²) in [4.78, 5) is 29.4. The van der Waals surface area contributed by atoms with Crippen molar-refractivity contribution in [1.29, 1.82) is 0 Å². The molecule has 2 aromatic carbocycles. The van der Waals surface area contributed by atoms with E-state index in [-0.39, 0.29) is 11.9 Å². The van der Waals surface area contributed by atoms with E-state index in [2.05, 4.69) is 10.4 Å². The van der Waals surface area contributed by atoms with Gasteiger partial charge in [-0.15, -0.1) is 0 Å². The molecule has 172 valence electrons. The Hall–Kier alpha value is -3.03. The number of halogens is 2. The van der Waals surface area contributed by atoms with Crippen LogP contribution in [0.3, 0.4) is 0 Å². The fourth-order valence-electron chi connectivity index (χ4n) is 3.99. The largest absolute Gasteiger partial charge is 0.340 e. The number of nitrogens with zero attached hydrogens (tertiary/aromatic N) is 4. The third-order valence-corrected chi connectivity index (χ3v) is 6.27. The highest BCUT2D eigenvalue weighted by molar-refractivity contribution is 6.30. The molecule has 2 heterocycles. The number of hydrogen-bond acceptors (Lipinski definition) is 3. The molecule has 1 atom stereocenters. The van der Waals surface area contributed by atoms with E-state index in [9.17, 15) is 9.59 Å². The van der Waals surface area contributed by atoms with Gasteiger partial charge in [0.15, 0.2) is 0 Å². The molecule has 0 aliphatic carbocycles. The van der Waals surface area contributed by atoms with Crippen LogP contribution >= 0.6 is 23.2 Å². The van der Waals surface area contributed by atoms with Crippen molar-refractivity contribution in [3.63, 3.8) is 0 Å². The van der Waals surface area contributed by atoms with Crippen LogP contribution in [0.25, 0.3) is 11.3 Å². The van der Waals surface area contributed by atoms with E-state index >= 15 is 0 Å². The minimum Gasteiger partial charge on any atom is -0.340 e. The van der Waals surface area contributed by atoms with Gasteiger partial charge in [0.2, 0.25) is 5.91 Å². The molecule has 1 aromatic heterocycles. The van der Waals surface area contributed by atoms with Gasteiger partial charge >= 0.3 is 6.03 Å². The Morgan fingerprint density at radius 2 is 1.73 bits per heavy atom. The number of carbonyl (C=O) groups excluding carboxylic acids is 2. The van der Waals surface area contributed by atoms with Crippen molar-refractivity contribution in [3.05, 3.63) is 70.2 Å². The van der Waals surface area contributed by atoms with Gasteiger partial charge in [-0.1, -0.05) is 47.5 Å². The summed E-state index contributed by atoms with van der Waals surface area (Å²) in [5, 5.41) is 8.69. The maximum atomic E-state index is 13.1. The number of benzene rings is 2. The summed E-state index contributed by atoms with van der Waals surface area (Å²) < 4.78 is 1.61. The number of rotatable bonds is 5. The second kappa shape index (κ2) is 9.85. The van der Waals surface area contributed by atoms with E-state index in [1.807, 2.05) is 24.3 Å². The van der Waals surface area contributed by atoms with Gasteiger partial charge in [-0.2, -0.15) is 5.10 Å². The van der Waals surface area contributed by atoms with Gasteiger partial charge in [0.05, 0.1) is 5.69 Å². The molecule has 4 rings (SSSR count). The van der Waals surface area contributed by atoms with E-state index < -0.39 is 6.04 Å². The van der Waals surface area contributed by atoms with Gasteiger partial charge in [0.25, 0.3) is 0 Å². The third kappa shape index (κ3) is 5.31. The standard InChI is InChI=1S/C24H25Cl2N5O2/c1-29(15-16-5-9-18(25)10-6-16)23(32)21-4-3-13-31(21)24(33)27-22-14-20(28-30(22)2)17-7-11-19(26)12-8-17/h5-12,14,21H,3-4,13,15H2,1-2H3,(H,27,33)/t21-/m1/s1. The monoisotopic (exact) mass is 485 g/mol. The number of likely N-dealkylation sites (tertiary alicyclic amines) is 1. The predicted octanol–water partition coefficient (Wildman–Crippen LogP) is 5.05. The van der Waals surface area contributed by atoms with Crippen molar-refractivity contribution in [2.45, 2.75) is 25.4 Å². The van der Waals surface area contributed by atoms with Crippen molar-refractivity contribution in [2.24, 2.45) is 7.05 Å². The van der Waals surface area contributed by atoms with Crippen LogP contribution in [0.15, 0.2) is 54.6 Å². The molecular formula is C24H25Cl2N5O2. The second-order valence-electron chi connectivity index (χ2n) is 8.15. The molecule has 33 heavy (non-hydrogen) atoms. The molecule has 1 fully saturated rings. The number of amides is 3. The van der Waals surface area contributed by atoms with E-state index in [1.54, 1.807) is 58.9 Å². The van der Waals surface area contributed by atoms with E-state index in [4.69, 9.17) is 23.2 Å². The lowest BCUT2D eigenvalue weighted by molar-refractivity contribution is -0.134. The predicted molar refractivity (Wildman–Crippen MR) is 130 cm³/mol. The van der Waals surface area contributed by atoms with Crippen molar-refractivity contribution in [3.8, 4) is 11.3 Å². The molecule has 0 bridgehead atoms. The topological polar surface area (TPSA) is 70.5 Å². The zero-order valence-electron chi connectivity index (χ0n) is 18.5. The molecule has 3 amide bonds. The molecule has 0 unspecified atom stereocenters. The summed E-state index contributed by atoms with van der Waals surface area (Å²) in [5.41, 5.74) is 2.60. The lowest BCUT2D eigenvalue weighted by Crippen LogP contribution is -2.47. The fourth-order valence-corrected chi connectivity index (χ4v) is 4.24. The Labute approximate surface area is 202 Å². The smallest absolute Gasteiger partial charge is 0.323 e. The Bertz CT molecular complexity index is 1140. The van der Waals surface area contributed by atoms with Crippen molar-refractivity contribution < 1.29 is 9.59 Å². The minimum absolute atomic E-state index is 0.0792. The average molecular weight is 486 g/mol. The maximum absolute atomic E-state index is 13.1. The zero-order chi connectivity index (χ0) is 23.5. The number of urea groups is 1. The van der Waals surface area contributed by atoms with Gasteiger partial charge in [0, 0.05) is 48.9 Å². The first-order valence-electron chi connectivity index (χ1n) is 10.7. The van der Waals surface area contributed by atoms with Crippen molar-refractivity contribution in [2.75, 3.05) is 18.9 Å². The van der Waals surface area contributed by atoms with Gasteiger partial charge in [-0.25, -0.2) is 4.79 Å². The van der Waals surface area contributed by atoms with Gasteiger partial charge in [-0.05, 0) is 42.7 Å². The number of aromatic nitrogens is 2. The van der Waals surface area contributed by atoms with Gasteiger partial charge in [-0.3, -0.25) is 14.8 Å². The van der Waals surface area contributed by atoms with E-state index in [1.165, 1.54) is 0 Å². The number of hydrogen-bond donors (Lipinski definition) is 1. The second-order valence-corrected chi connectivity index (χ2v) is 9.02. The first kappa shape index (κ1) is 23.1. The zero-order valence-corrected chi connectivity index (χ0v) is 20.0. The maximum Gasteiger partial charge on any atom is 0.323 e. The van der Waals surface area contributed by atoms with E-state index in [0.717, 1.165) is 23.2 Å². The Balaban J connectivity index is 1.43. The highest BCUT2D eigenvalue weighted by Crippen LogP contribution is 2.25. The Morgan fingerprint density at radius 3 is 2.39 bits per heavy atom. The lowest BCUT2D eigenvalue weighted by Gasteiger charge is -2.28. The number of aryl methyl sites for hydroxylation is 1. The molecule has 9 heteroatoms. The van der Waals surface area contributed by atoms with Crippen LogP contribution in [0, 0.1) is 0 Å². The van der Waals surface area contributed by atoms with Crippen molar-refractivity contribution in [1.82, 2.24) is 19.6 Å². The summed E-state index contributed by atoms with van der Waals surface area (Å²) in [5.74, 6) is 0.474. The van der Waals surface area contributed by atoms with Crippen molar-refractivity contribution >= 4 is 41.0 Å². The highest BCUT2D eigenvalue weighted by Gasteiger charge is 2.36. The molecule has 1 saturated heterocycles. The van der Waals surface area contributed by atoms with Crippen LogP contribution in [0.2, 0.25) is 10.0 Å². The minimum atomic E-state index is -0.494. The first-order chi connectivity index (χ1) is 15.8. The fraction of sp³-hybridized carbons (Fsp3) is 0.292. The summed E-state index contributed by atoms with van der Waals surface area (Å²) >= 11 is 11.9. The van der Waals surface area contributed by atoms with E-state index in [0.29, 0.717) is 35.4 Å². The average Bonchev–Trinajstić information content (AvgIpc) is 3.42. The van der Waals surface area contributed by atoms with Crippen LogP contribution in [0.4, 0.5) is 10.6 Å². The third-order valence-electron chi connectivity index (χ3n) is 5.76. The summed E-state index contributed by atoms with van der Waals surface area (Å²) in [6, 6.07) is 15.7. The summed E-state index contributed by atoms with van der Waals surface area (Å²) in [6.45, 7) is 0.979. The van der Waals surface area contributed by atoms with Crippen LogP contribution in [-0.2, 0) is 18.4 Å². The SMILES string of the molecule is CN(Cc1ccc(Cl)cc1)C(=O)[C@H]1CCCN1C(=O)Nc1cc(-c2ccc(Cl)cc2)nn1C. The molecule has 3 aromatic rings. The summed E-state index contributed by atoms with van der Waals surface area (Å²) in [7, 11) is 3.52. The normalized spacial score (nSPS) is 15.5. The lowest BCUT2D eigenvalue weighted by atomic mass is 10.1. The van der Waals surface area contributed by atoms with Crippen LogP contribution < -0.4 is 5.32 Å². The molecule has 1 aliphatic rings. The van der Waals surface area contributed by atoms with Crippen LogP contribution in [-0.4, -0.2) is 51.2 Å². The number of nitrogens with one attached hydrogen (secondary N) is 1. The highest BCUT2D eigenvalue weighted by atomic mass is 35.5. The molecular weight excluding hydrogens is 461 g/mol. The Morgan fingerprint density at radius 1 is 1.09 bits per heavy atom. The summed E-state index contributed by atoms with van der Waals surface area (Å²) in [6.07, 6.45) is 1.42. The van der Waals surface area contributed by atoms with Crippen LogP contribution in [0.1, 0.15) is 18.4 Å². The van der Waals surface area contributed by atoms with Gasteiger partial charge in [0.1, 0.15) is 11.9 Å². The molecule has 1 N–H and O–H groups in total. The molecule has 0 radical (unpaired) electrons. The molecule has 1 aliphatic heterocycles. The van der Waals surface area contributed by atoms with Gasteiger partial charge < -0.3 is 9.80 Å².